The number of hydrogen-bond donors (Lipinski definition) is 2. The smallest absolute Gasteiger partial charge is 0.264 e. The Morgan fingerprint density at radius 2 is 2.05 bits per heavy atom. The van der Waals surface area contributed by atoms with Crippen molar-refractivity contribution in [3.05, 3.63) is 24.3 Å². The molecule has 0 saturated carbocycles. The van der Waals surface area contributed by atoms with Crippen molar-refractivity contribution >= 4 is 15.9 Å². The van der Waals surface area contributed by atoms with E-state index in [0.29, 0.717) is 11.5 Å². The molecule has 0 bridgehead atoms. The molecule has 3 N–H and O–H groups in total. The first-order chi connectivity index (χ1) is 9.46. The molecule has 1 aromatic carbocycles. The maximum atomic E-state index is 11.8. The SMILES string of the molecule is NS(=O)(=O)CCCNC(=O)C1COc2ccccc2O1. The van der Waals surface area contributed by atoms with Crippen molar-refractivity contribution in [3.63, 3.8) is 0 Å². The number of nitrogens with one attached hydrogen (secondary N) is 1. The van der Waals surface area contributed by atoms with Gasteiger partial charge in [-0.15, -0.1) is 0 Å². The predicted octanol–water partition coefficient (Wildman–Crippen LogP) is -0.379. The molecule has 1 amide bonds. The van der Waals surface area contributed by atoms with Crippen LogP contribution in [0.15, 0.2) is 24.3 Å². The number of nitrogens with two attached hydrogens (primary N) is 1. The number of rotatable bonds is 5. The molecule has 0 aliphatic carbocycles. The van der Waals surface area contributed by atoms with E-state index < -0.39 is 16.1 Å². The van der Waals surface area contributed by atoms with Gasteiger partial charge in [0.25, 0.3) is 5.91 Å². The second kappa shape index (κ2) is 6.10. The number of carbonyl (C=O) groups excluding carboxylic acids is 1. The van der Waals surface area contributed by atoms with Crippen molar-refractivity contribution in [2.45, 2.75) is 12.5 Å². The number of hydrogen-bond acceptors (Lipinski definition) is 5. The second-order valence-corrected chi connectivity index (χ2v) is 6.11. The molecule has 8 heteroatoms. The van der Waals surface area contributed by atoms with Crippen molar-refractivity contribution < 1.29 is 22.7 Å². The van der Waals surface area contributed by atoms with Crippen LogP contribution in [0.3, 0.4) is 0 Å². The van der Waals surface area contributed by atoms with Crippen LogP contribution in [-0.2, 0) is 14.8 Å². The van der Waals surface area contributed by atoms with Crippen molar-refractivity contribution in [2.75, 3.05) is 18.9 Å². The summed E-state index contributed by atoms with van der Waals surface area (Å²) >= 11 is 0. The average Bonchev–Trinajstić information content (AvgIpc) is 2.42. The molecule has 7 nitrogen and oxygen atoms in total. The minimum absolute atomic E-state index is 0.123. The summed E-state index contributed by atoms with van der Waals surface area (Å²) in [5.41, 5.74) is 0. The Morgan fingerprint density at radius 1 is 1.35 bits per heavy atom. The lowest BCUT2D eigenvalue weighted by Crippen LogP contribution is -2.44. The van der Waals surface area contributed by atoms with E-state index in [1.54, 1.807) is 18.2 Å². The van der Waals surface area contributed by atoms with Gasteiger partial charge < -0.3 is 14.8 Å². The monoisotopic (exact) mass is 300 g/mol. The van der Waals surface area contributed by atoms with Crippen LogP contribution in [-0.4, -0.2) is 39.3 Å². The fraction of sp³-hybridized carbons (Fsp3) is 0.417. The average molecular weight is 300 g/mol. The number of ether oxygens (including phenoxy) is 2. The number of sulfonamides is 1. The fourth-order valence-corrected chi connectivity index (χ4v) is 2.29. The maximum Gasteiger partial charge on any atom is 0.264 e. The predicted molar refractivity (Wildman–Crippen MR) is 72.0 cm³/mol. The molecule has 1 unspecified atom stereocenters. The van der Waals surface area contributed by atoms with Gasteiger partial charge >= 0.3 is 0 Å². The topological polar surface area (TPSA) is 108 Å². The first-order valence-corrected chi connectivity index (χ1v) is 7.84. The zero-order valence-corrected chi connectivity index (χ0v) is 11.6. The molecule has 1 aliphatic rings. The van der Waals surface area contributed by atoms with Gasteiger partial charge in [-0.1, -0.05) is 12.1 Å². The number of carbonyl (C=O) groups is 1. The third kappa shape index (κ3) is 4.10. The van der Waals surface area contributed by atoms with Gasteiger partial charge in [0, 0.05) is 6.54 Å². The number of primary sulfonamides is 1. The highest BCUT2D eigenvalue weighted by Gasteiger charge is 2.26. The van der Waals surface area contributed by atoms with Crippen LogP contribution in [0.1, 0.15) is 6.42 Å². The van der Waals surface area contributed by atoms with Gasteiger partial charge in [0.15, 0.2) is 11.5 Å². The molecule has 0 saturated heterocycles. The molecule has 1 heterocycles. The third-order valence-corrected chi connectivity index (χ3v) is 3.56. The van der Waals surface area contributed by atoms with Crippen LogP contribution < -0.4 is 19.9 Å². The Kier molecular flexibility index (Phi) is 4.46. The van der Waals surface area contributed by atoms with E-state index in [2.05, 4.69) is 5.32 Å². The summed E-state index contributed by atoms with van der Waals surface area (Å²) in [5, 5.41) is 7.45. The largest absolute Gasteiger partial charge is 0.485 e. The molecule has 2 rings (SSSR count). The van der Waals surface area contributed by atoms with Gasteiger partial charge in [-0.2, -0.15) is 0 Å². The van der Waals surface area contributed by atoms with Crippen LogP contribution in [0.25, 0.3) is 0 Å². The van der Waals surface area contributed by atoms with Gasteiger partial charge in [-0.25, -0.2) is 13.6 Å². The van der Waals surface area contributed by atoms with Crippen LogP contribution in [0.4, 0.5) is 0 Å². The van der Waals surface area contributed by atoms with E-state index in [9.17, 15) is 13.2 Å². The van der Waals surface area contributed by atoms with E-state index in [1.807, 2.05) is 6.07 Å². The van der Waals surface area contributed by atoms with Crippen molar-refractivity contribution in [2.24, 2.45) is 5.14 Å². The Balaban J connectivity index is 1.80. The molecular formula is C12H16N2O5S. The van der Waals surface area contributed by atoms with Crippen molar-refractivity contribution in [1.82, 2.24) is 5.32 Å². The van der Waals surface area contributed by atoms with Gasteiger partial charge in [-0.3, -0.25) is 4.79 Å². The zero-order valence-electron chi connectivity index (χ0n) is 10.7. The summed E-state index contributed by atoms with van der Waals surface area (Å²) in [6.45, 7) is 0.342. The Labute approximate surface area is 117 Å². The van der Waals surface area contributed by atoms with E-state index in [0.717, 1.165) is 0 Å². The molecule has 1 atom stereocenters. The van der Waals surface area contributed by atoms with Crippen LogP contribution in [0, 0.1) is 0 Å². The third-order valence-electron chi connectivity index (χ3n) is 2.71. The molecule has 1 aliphatic heterocycles. The standard InChI is InChI=1S/C12H16N2O5S/c13-20(16,17)7-3-6-14-12(15)11-8-18-9-4-1-2-5-10(9)19-11/h1-2,4-5,11H,3,6-8H2,(H,14,15)(H2,13,16,17). The summed E-state index contributed by atoms with van der Waals surface area (Å²) in [7, 11) is -3.49. The number of para-hydroxylation sites is 2. The lowest BCUT2D eigenvalue weighted by molar-refractivity contribution is -0.130. The summed E-state index contributed by atoms with van der Waals surface area (Å²) < 4.78 is 32.4. The number of fused-ring (bicyclic) bond motifs is 1. The molecule has 0 spiro atoms. The summed E-state index contributed by atoms with van der Waals surface area (Å²) in [6.07, 6.45) is -0.478. The highest BCUT2D eigenvalue weighted by molar-refractivity contribution is 7.89. The summed E-state index contributed by atoms with van der Waals surface area (Å²) in [5.74, 6) is 0.612. The Bertz CT molecular complexity index is 587. The van der Waals surface area contributed by atoms with Crippen LogP contribution >= 0.6 is 0 Å². The van der Waals surface area contributed by atoms with Crippen LogP contribution in [0.5, 0.6) is 11.5 Å². The highest BCUT2D eigenvalue weighted by atomic mass is 32.2. The highest BCUT2D eigenvalue weighted by Crippen LogP contribution is 2.30. The first kappa shape index (κ1) is 14.6. The summed E-state index contributed by atoms with van der Waals surface area (Å²) in [4.78, 5) is 11.8. The zero-order chi connectivity index (χ0) is 14.6. The lowest BCUT2D eigenvalue weighted by Gasteiger charge is -2.25. The molecule has 0 aromatic heterocycles. The first-order valence-electron chi connectivity index (χ1n) is 6.12. The quantitative estimate of drug-likeness (QED) is 0.721. The van der Waals surface area contributed by atoms with Gasteiger partial charge in [0.1, 0.15) is 6.61 Å². The molecule has 110 valence electrons. The van der Waals surface area contributed by atoms with E-state index in [1.165, 1.54) is 0 Å². The number of amides is 1. The number of benzene rings is 1. The summed E-state index contributed by atoms with van der Waals surface area (Å²) in [6, 6.07) is 7.08. The Morgan fingerprint density at radius 3 is 2.75 bits per heavy atom. The lowest BCUT2D eigenvalue weighted by atomic mass is 10.2. The minimum Gasteiger partial charge on any atom is -0.485 e. The van der Waals surface area contributed by atoms with E-state index >= 15 is 0 Å². The second-order valence-electron chi connectivity index (χ2n) is 4.38. The van der Waals surface area contributed by atoms with Crippen LogP contribution in [0.2, 0.25) is 0 Å². The molecule has 0 fully saturated rings. The molecular weight excluding hydrogens is 284 g/mol. The Hall–Kier alpha value is -1.80. The van der Waals surface area contributed by atoms with Gasteiger partial charge in [0.05, 0.1) is 5.75 Å². The van der Waals surface area contributed by atoms with E-state index in [4.69, 9.17) is 14.6 Å². The molecule has 0 radical (unpaired) electrons. The van der Waals surface area contributed by atoms with Gasteiger partial charge in [0.2, 0.25) is 16.1 Å². The molecule has 20 heavy (non-hydrogen) atoms. The molecule has 1 aromatic rings. The minimum atomic E-state index is -3.49. The normalized spacial score (nSPS) is 17.6. The fourth-order valence-electron chi connectivity index (χ4n) is 1.75. The van der Waals surface area contributed by atoms with Gasteiger partial charge in [-0.05, 0) is 18.6 Å². The van der Waals surface area contributed by atoms with Crippen molar-refractivity contribution in [3.8, 4) is 11.5 Å². The van der Waals surface area contributed by atoms with E-state index in [-0.39, 0.29) is 31.2 Å². The van der Waals surface area contributed by atoms with Crippen molar-refractivity contribution in [1.29, 1.82) is 0 Å². The maximum absolute atomic E-state index is 11.8.